The van der Waals surface area contributed by atoms with E-state index in [4.69, 9.17) is 0 Å². The van der Waals surface area contributed by atoms with Gasteiger partial charge in [0, 0.05) is 56.4 Å². The molecule has 2 aromatic rings. The van der Waals surface area contributed by atoms with Crippen LogP contribution in [0.3, 0.4) is 0 Å². The van der Waals surface area contributed by atoms with E-state index in [1.807, 2.05) is 30.5 Å². The molecule has 2 saturated heterocycles. The van der Waals surface area contributed by atoms with Crippen molar-refractivity contribution in [1.82, 2.24) is 22.9 Å². The molecule has 0 saturated carbocycles. The molecule has 0 spiro atoms. The van der Waals surface area contributed by atoms with Crippen LogP contribution in [0.2, 0.25) is 0 Å². The summed E-state index contributed by atoms with van der Waals surface area (Å²) in [6, 6.07) is 0. The highest BCUT2D eigenvalue weighted by atomic mass is 32.2. The predicted octanol–water partition coefficient (Wildman–Crippen LogP) is 2.29. The zero-order valence-corrected chi connectivity index (χ0v) is 19.2. The second-order valence-electron chi connectivity index (χ2n) is 7.96. The number of amides is 1. The zero-order valence-electron chi connectivity index (χ0n) is 17.6. The minimum absolute atomic E-state index is 0.0943. The number of imidazole rings is 1. The number of nitrogens with zero attached hydrogens (tertiary/aromatic N) is 5. The Labute approximate surface area is 182 Å². The van der Waals surface area contributed by atoms with E-state index in [1.54, 1.807) is 26.6 Å². The summed E-state index contributed by atoms with van der Waals surface area (Å²) in [6.07, 6.45) is 9.44. The molecule has 0 N–H and O–H groups in total. The molecule has 0 atom stereocenters. The Balaban J connectivity index is 1.38. The van der Waals surface area contributed by atoms with Gasteiger partial charge in [0.1, 0.15) is 0 Å². The summed E-state index contributed by atoms with van der Waals surface area (Å²) in [6.45, 7) is 6.69. The first kappa shape index (κ1) is 21.5. The molecule has 4 rings (SSSR count). The first-order valence-electron chi connectivity index (χ1n) is 10.5. The van der Waals surface area contributed by atoms with Gasteiger partial charge in [0.05, 0.1) is 11.4 Å². The fourth-order valence-electron chi connectivity index (χ4n) is 4.11. The van der Waals surface area contributed by atoms with Crippen molar-refractivity contribution in [1.29, 1.82) is 0 Å². The first-order valence-corrected chi connectivity index (χ1v) is 12.7. The van der Waals surface area contributed by atoms with Crippen molar-refractivity contribution in [3.05, 3.63) is 28.5 Å². The highest BCUT2D eigenvalue weighted by Crippen LogP contribution is 2.22. The Morgan fingerprint density at radius 1 is 1.00 bits per heavy atom. The average molecular weight is 452 g/mol. The Hall–Kier alpha value is -1.75. The molecule has 0 unspecified atom stereocenters. The number of hydrogen-bond acceptors (Lipinski definition) is 5. The highest BCUT2D eigenvalue weighted by Gasteiger charge is 2.33. The molecule has 2 aliphatic heterocycles. The standard InChI is InChI=1S/C20H29N5O3S2/c1-16-15-25-18(17(2)21-20(25)29-16)7-8-19(26)22-11-13-24(14-12-22)30(27,28)23-9-5-3-4-6-10-23/h7-8,15H,3-6,9-14H2,1-2H3/b8-7+. The molecule has 8 nitrogen and oxygen atoms in total. The number of hydrogen-bond donors (Lipinski definition) is 0. The lowest BCUT2D eigenvalue weighted by Crippen LogP contribution is -2.54. The van der Waals surface area contributed by atoms with E-state index in [0.717, 1.165) is 42.0 Å². The van der Waals surface area contributed by atoms with Gasteiger partial charge in [-0.3, -0.25) is 9.20 Å². The number of fused-ring (bicyclic) bond motifs is 1. The second kappa shape index (κ2) is 8.78. The summed E-state index contributed by atoms with van der Waals surface area (Å²) < 4.78 is 31.0. The number of piperazine rings is 1. The Morgan fingerprint density at radius 3 is 2.30 bits per heavy atom. The first-order chi connectivity index (χ1) is 14.4. The maximum absolute atomic E-state index is 12.9. The number of rotatable bonds is 4. The molecule has 0 radical (unpaired) electrons. The molecule has 4 heterocycles. The molecule has 30 heavy (non-hydrogen) atoms. The highest BCUT2D eigenvalue weighted by molar-refractivity contribution is 7.86. The van der Waals surface area contributed by atoms with Gasteiger partial charge in [-0.05, 0) is 32.8 Å². The fraction of sp³-hybridized carbons (Fsp3) is 0.600. The summed E-state index contributed by atoms with van der Waals surface area (Å²) in [7, 11) is -3.43. The lowest BCUT2D eigenvalue weighted by atomic mass is 10.2. The Kier molecular flexibility index (Phi) is 6.29. The van der Waals surface area contributed by atoms with Gasteiger partial charge < -0.3 is 4.90 Å². The van der Waals surface area contributed by atoms with Crippen molar-refractivity contribution in [2.45, 2.75) is 39.5 Å². The molecule has 10 heteroatoms. The van der Waals surface area contributed by atoms with Crippen LogP contribution in [0.4, 0.5) is 0 Å². The minimum atomic E-state index is -3.43. The molecule has 1 amide bonds. The third-order valence-electron chi connectivity index (χ3n) is 5.81. The van der Waals surface area contributed by atoms with Crippen molar-refractivity contribution in [2.24, 2.45) is 0 Å². The third-order valence-corrected chi connectivity index (χ3v) is 8.75. The van der Waals surface area contributed by atoms with Crippen molar-refractivity contribution >= 4 is 38.5 Å². The van der Waals surface area contributed by atoms with Gasteiger partial charge in [0.2, 0.25) is 5.91 Å². The van der Waals surface area contributed by atoms with Crippen LogP contribution >= 0.6 is 11.3 Å². The van der Waals surface area contributed by atoms with E-state index in [9.17, 15) is 13.2 Å². The van der Waals surface area contributed by atoms with E-state index in [2.05, 4.69) is 4.98 Å². The third kappa shape index (κ3) is 4.32. The fourth-order valence-corrected chi connectivity index (χ4v) is 6.66. The number of thiazole rings is 1. The summed E-state index contributed by atoms with van der Waals surface area (Å²) in [5.41, 5.74) is 1.80. The van der Waals surface area contributed by atoms with Crippen molar-refractivity contribution in [3.8, 4) is 0 Å². The molecular weight excluding hydrogens is 422 g/mol. The molecule has 2 aromatic heterocycles. The largest absolute Gasteiger partial charge is 0.337 e. The molecule has 2 fully saturated rings. The van der Waals surface area contributed by atoms with Crippen molar-refractivity contribution < 1.29 is 13.2 Å². The average Bonchev–Trinajstić information content (AvgIpc) is 3.07. The summed E-state index contributed by atoms with van der Waals surface area (Å²) >= 11 is 1.62. The van der Waals surface area contributed by atoms with Crippen LogP contribution < -0.4 is 0 Å². The lowest BCUT2D eigenvalue weighted by Gasteiger charge is -2.36. The zero-order chi connectivity index (χ0) is 21.3. The predicted molar refractivity (Wildman–Crippen MR) is 119 cm³/mol. The van der Waals surface area contributed by atoms with Crippen LogP contribution in [-0.2, 0) is 15.0 Å². The van der Waals surface area contributed by atoms with E-state index in [0.29, 0.717) is 39.3 Å². The molecule has 0 aliphatic carbocycles. The van der Waals surface area contributed by atoms with Crippen LogP contribution in [0.25, 0.3) is 11.0 Å². The van der Waals surface area contributed by atoms with E-state index >= 15 is 0 Å². The van der Waals surface area contributed by atoms with Crippen molar-refractivity contribution in [3.63, 3.8) is 0 Å². The molecule has 164 valence electrons. The summed E-state index contributed by atoms with van der Waals surface area (Å²) in [5.74, 6) is -0.0943. The Bertz CT molecular complexity index is 1040. The molecule has 0 aromatic carbocycles. The quantitative estimate of drug-likeness (QED) is 0.668. The monoisotopic (exact) mass is 451 g/mol. The maximum atomic E-state index is 12.9. The van der Waals surface area contributed by atoms with Gasteiger partial charge in [-0.15, -0.1) is 11.3 Å². The van der Waals surface area contributed by atoms with Gasteiger partial charge in [0.25, 0.3) is 10.2 Å². The maximum Gasteiger partial charge on any atom is 0.282 e. The van der Waals surface area contributed by atoms with Crippen LogP contribution in [0.5, 0.6) is 0 Å². The number of aryl methyl sites for hydroxylation is 2. The van der Waals surface area contributed by atoms with Gasteiger partial charge in [-0.2, -0.15) is 17.0 Å². The van der Waals surface area contributed by atoms with E-state index < -0.39 is 10.2 Å². The van der Waals surface area contributed by atoms with E-state index in [1.165, 1.54) is 9.18 Å². The molecular formula is C20H29N5O3S2. The van der Waals surface area contributed by atoms with Crippen LogP contribution in [-0.4, -0.2) is 76.5 Å². The number of aromatic nitrogens is 2. The normalized spacial score (nSPS) is 20.3. The summed E-state index contributed by atoms with van der Waals surface area (Å²) in [5, 5.41) is 0. The second-order valence-corrected chi connectivity index (χ2v) is 11.1. The van der Waals surface area contributed by atoms with Crippen LogP contribution in [0.15, 0.2) is 12.3 Å². The molecule has 2 aliphatic rings. The van der Waals surface area contributed by atoms with Crippen molar-refractivity contribution in [2.75, 3.05) is 39.3 Å². The van der Waals surface area contributed by atoms with Gasteiger partial charge in [-0.1, -0.05) is 12.8 Å². The minimum Gasteiger partial charge on any atom is -0.337 e. The SMILES string of the molecule is Cc1cn2c(/C=C/C(=O)N3CCN(S(=O)(=O)N4CCCCCC4)CC3)c(C)nc2s1. The smallest absolute Gasteiger partial charge is 0.282 e. The molecule has 0 bridgehead atoms. The number of carbonyl (C=O) groups excluding carboxylic acids is 1. The van der Waals surface area contributed by atoms with Crippen LogP contribution in [0.1, 0.15) is 41.9 Å². The lowest BCUT2D eigenvalue weighted by molar-refractivity contribution is -0.127. The summed E-state index contributed by atoms with van der Waals surface area (Å²) in [4.78, 5) is 21.0. The van der Waals surface area contributed by atoms with Crippen LogP contribution in [0, 0.1) is 13.8 Å². The Morgan fingerprint density at radius 2 is 1.63 bits per heavy atom. The van der Waals surface area contributed by atoms with E-state index in [-0.39, 0.29) is 5.91 Å². The van der Waals surface area contributed by atoms with Gasteiger partial charge >= 0.3 is 0 Å². The topological polar surface area (TPSA) is 78.2 Å². The van der Waals surface area contributed by atoms with Gasteiger partial charge in [0.15, 0.2) is 4.96 Å². The van der Waals surface area contributed by atoms with Gasteiger partial charge in [-0.25, -0.2) is 4.98 Å². The number of carbonyl (C=O) groups is 1.